The molecule has 0 fully saturated rings. The number of hydrazone groups is 1. The molecule has 4 rings (SSSR count). The first-order chi connectivity index (χ1) is 12.1. The molecule has 3 aromatic rings. The number of carbonyl (C=O) groups is 1. The van der Waals surface area contributed by atoms with E-state index in [2.05, 4.69) is 5.10 Å². The zero-order valence-corrected chi connectivity index (χ0v) is 13.5. The highest BCUT2D eigenvalue weighted by Gasteiger charge is 2.24. The monoisotopic (exact) mass is 338 g/mol. The molecule has 0 atom stereocenters. The summed E-state index contributed by atoms with van der Waals surface area (Å²) in [5.41, 5.74) is 1.70. The Morgan fingerprint density at radius 3 is 2.92 bits per heavy atom. The van der Waals surface area contributed by atoms with Gasteiger partial charge in [0.1, 0.15) is 22.9 Å². The van der Waals surface area contributed by atoms with Crippen LogP contribution in [0.4, 0.5) is 4.39 Å². The molecule has 0 spiro atoms. The molecular weight excluding hydrogens is 323 g/mol. The molecule has 0 radical (unpaired) electrons. The van der Waals surface area contributed by atoms with Crippen LogP contribution in [0.3, 0.4) is 0 Å². The number of amides is 1. The van der Waals surface area contributed by atoms with E-state index in [1.807, 2.05) is 24.3 Å². The lowest BCUT2D eigenvalue weighted by Crippen LogP contribution is -2.23. The average Bonchev–Trinajstić information content (AvgIpc) is 3.27. The summed E-state index contributed by atoms with van der Waals surface area (Å²) in [5.74, 6) is 0.599. The molecule has 0 N–H and O–H groups in total. The van der Waals surface area contributed by atoms with Crippen LogP contribution in [0, 0.1) is 5.82 Å². The third kappa shape index (κ3) is 2.87. The van der Waals surface area contributed by atoms with Crippen molar-refractivity contribution in [2.24, 2.45) is 5.10 Å². The molecule has 2 aromatic carbocycles. The quantitative estimate of drug-likeness (QED) is 0.729. The fourth-order valence-corrected chi connectivity index (χ4v) is 2.84. The van der Waals surface area contributed by atoms with Crippen LogP contribution in [0.1, 0.15) is 22.5 Å². The number of nitrogens with zero attached hydrogens (tertiary/aromatic N) is 2. The minimum Gasteiger partial charge on any atom is -0.497 e. The van der Waals surface area contributed by atoms with Crippen molar-refractivity contribution in [1.82, 2.24) is 5.01 Å². The summed E-state index contributed by atoms with van der Waals surface area (Å²) in [6, 6.07) is 13.0. The molecule has 1 aliphatic heterocycles. The molecule has 0 aliphatic carbocycles. The van der Waals surface area contributed by atoms with Gasteiger partial charge in [-0.2, -0.15) is 5.10 Å². The first kappa shape index (κ1) is 15.4. The molecule has 1 aliphatic rings. The number of benzene rings is 2. The zero-order chi connectivity index (χ0) is 17.4. The second-order valence-corrected chi connectivity index (χ2v) is 5.75. The van der Waals surface area contributed by atoms with Gasteiger partial charge in [0.2, 0.25) is 0 Å². The third-order valence-electron chi connectivity index (χ3n) is 4.12. The van der Waals surface area contributed by atoms with Crippen molar-refractivity contribution in [3.63, 3.8) is 0 Å². The lowest BCUT2D eigenvalue weighted by atomic mass is 10.2. The molecule has 0 saturated carbocycles. The van der Waals surface area contributed by atoms with Gasteiger partial charge in [-0.25, -0.2) is 9.40 Å². The molecular formula is C19H15FN2O3. The number of carbonyl (C=O) groups excluding carboxylic acids is 1. The van der Waals surface area contributed by atoms with Crippen LogP contribution in [-0.2, 0) is 0 Å². The Morgan fingerprint density at radius 2 is 2.12 bits per heavy atom. The summed E-state index contributed by atoms with van der Waals surface area (Å²) >= 11 is 0. The minimum absolute atomic E-state index is 0.277. The Bertz CT molecular complexity index is 993. The van der Waals surface area contributed by atoms with E-state index in [-0.39, 0.29) is 11.5 Å². The van der Waals surface area contributed by atoms with E-state index in [0.29, 0.717) is 24.4 Å². The van der Waals surface area contributed by atoms with Crippen LogP contribution in [-0.4, -0.2) is 30.3 Å². The number of hydrogen-bond acceptors (Lipinski definition) is 4. The minimum atomic E-state index is -0.444. The Kier molecular flexibility index (Phi) is 3.72. The summed E-state index contributed by atoms with van der Waals surface area (Å²) in [7, 11) is 1.61. The molecule has 5 nitrogen and oxygen atoms in total. The lowest BCUT2D eigenvalue weighted by Gasteiger charge is -2.10. The van der Waals surface area contributed by atoms with Gasteiger partial charge in [0.15, 0.2) is 5.76 Å². The predicted octanol–water partition coefficient (Wildman–Crippen LogP) is 3.83. The molecule has 0 bridgehead atoms. The van der Waals surface area contributed by atoms with Crippen molar-refractivity contribution >= 4 is 22.6 Å². The Balaban J connectivity index is 1.61. The van der Waals surface area contributed by atoms with E-state index in [4.69, 9.17) is 9.15 Å². The number of furan rings is 1. The van der Waals surface area contributed by atoms with Gasteiger partial charge in [0.05, 0.1) is 13.7 Å². The van der Waals surface area contributed by atoms with E-state index in [9.17, 15) is 9.18 Å². The summed E-state index contributed by atoms with van der Waals surface area (Å²) in [5, 5.41) is 6.61. The van der Waals surface area contributed by atoms with Gasteiger partial charge in [-0.1, -0.05) is 6.07 Å². The number of rotatable bonds is 3. The van der Waals surface area contributed by atoms with Gasteiger partial charge in [-0.15, -0.1) is 0 Å². The van der Waals surface area contributed by atoms with Gasteiger partial charge in [0.25, 0.3) is 5.91 Å². The number of fused-ring (bicyclic) bond motifs is 1. The van der Waals surface area contributed by atoms with Crippen LogP contribution in [0.25, 0.3) is 11.0 Å². The lowest BCUT2D eigenvalue weighted by molar-refractivity contribution is 0.0778. The molecule has 0 saturated heterocycles. The SMILES string of the molecule is COc1ccc2oc(C3=NN(C(=O)c4cccc(F)c4)CC3)cc2c1. The van der Waals surface area contributed by atoms with Crippen molar-refractivity contribution in [2.45, 2.75) is 6.42 Å². The zero-order valence-electron chi connectivity index (χ0n) is 13.5. The number of halogens is 1. The molecule has 2 heterocycles. The van der Waals surface area contributed by atoms with Crippen molar-refractivity contribution in [1.29, 1.82) is 0 Å². The van der Waals surface area contributed by atoms with Crippen LogP contribution < -0.4 is 4.74 Å². The Morgan fingerprint density at radius 1 is 1.24 bits per heavy atom. The van der Waals surface area contributed by atoms with E-state index < -0.39 is 5.82 Å². The smallest absolute Gasteiger partial charge is 0.274 e. The molecule has 0 unspecified atom stereocenters. The van der Waals surface area contributed by atoms with Gasteiger partial charge >= 0.3 is 0 Å². The van der Waals surface area contributed by atoms with Crippen molar-refractivity contribution < 1.29 is 18.3 Å². The number of hydrogen-bond donors (Lipinski definition) is 0. The van der Waals surface area contributed by atoms with Crippen LogP contribution in [0.2, 0.25) is 0 Å². The first-order valence-corrected chi connectivity index (χ1v) is 7.87. The largest absolute Gasteiger partial charge is 0.497 e. The highest BCUT2D eigenvalue weighted by atomic mass is 19.1. The maximum absolute atomic E-state index is 13.3. The molecule has 25 heavy (non-hydrogen) atoms. The predicted molar refractivity (Wildman–Crippen MR) is 91.4 cm³/mol. The topological polar surface area (TPSA) is 55.0 Å². The third-order valence-corrected chi connectivity index (χ3v) is 4.12. The second kappa shape index (κ2) is 6.05. The van der Waals surface area contributed by atoms with Crippen LogP contribution in [0.15, 0.2) is 58.0 Å². The van der Waals surface area contributed by atoms with Crippen molar-refractivity contribution in [3.05, 3.63) is 65.7 Å². The van der Waals surface area contributed by atoms with E-state index in [0.717, 1.165) is 16.7 Å². The highest BCUT2D eigenvalue weighted by molar-refractivity contribution is 6.04. The summed E-state index contributed by atoms with van der Waals surface area (Å²) < 4.78 is 24.3. The number of ether oxygens (including phenoxy) is 1. The second-order valence-electron chi connectivity index (χ2n) is 5.75. The van der Waals surface area contributed by atoms with Gasteiger partial charge in [-0.05, 0) is 42.5 Å². The van der Waals surface area contributed by atoms with Gasteiger partial charge in [-0.3, -0.25) is 4.79 Å². The highest BCUT2D eigenvalue weighted by Crippen LogP contribution is 2.26. The standard InChI is InChI=1S/C19H15FN2O3/c1-24-15-5-6-17-13(10-15)11-18(25-17)16-7-8-22(21-16)19(23)12-3-2-4-14(20)9-12/h2-6,9-11H,7-8H2,1H3. The summed E-state index contributed by atoms with van der Waals surface area (Å²) in [6.07, 6.45) is 0.581. The van der Waals surface area contributed by atoms with Crippen molar-refractivity contribution in [2.75, 3.05) is 13.7 Å². The van der Waals surface area contributed by atoms with Gasteiger partial charge < -0.3 is 9.15 Å². The number of methoxy groups -OCH3 is 1. The normalized spacial score (nSPS) is 14.0. The molecule has 1 aromatic heterocycles. The van der Waals surface area contributed by atoms with Crippen molar-refractivity contribution in [3.8, 4) is 5.75 Å². The molecule has 1 amide bonds. The summed E-state index contributed by atoms with van der Waals surface area (Å²) in [4.78, 5) is 12.4. The van der Waals surface area contributed by atoms with Gasteiger partial charge in [0, 0.05) is 17.4 Å². The molecule has 6 heteroatoms. The van der Waals surface area contributed by atoms with E-state index in [1.165, 1.54) is 23.2 Å². The van der Waals surface area contributed by atoms with E-state index in [1.54, 1.807) is 13.2 Å². The maximum atomic E-state index is 13.3. The fraction of sp³-hybridized carbons (Fsp3) is 0.158. The Hall–Kier alpha value is -3.15. The fourth-order valence-electron chi connectivity index (χ4n) is 2.84. The van der Waals surface area contributed by atoms with Crippen LogP contribution in [0.5, 0.6) is 5.75 Å². The summed E-state index contributed by atoms with van der Waals surface area (Å²) in [6.45, 7) is 0.436. The van der Waals surface area contributed by atoms with Crippen LogP contribution >= 0.6 is 0 Å². The Labute approximate surface area is 143 Å². The van der Waals surface area contributed by atoms with E-state index >= 15 is 0 Å². The molecule has 126 valence electrons. The first-order valence-electron chi connectivity index (χ1n) is 7.87. The average molecular weight is 338 g/mol. The maximum Gasteiger partial charge on any atom is 0.274 e.